The SMILES string of the molecule is Cc1ccc(CNCCSc2ccc(Cl)c(Cl)c2)s1. The maximum Gasteiger partial charge on any atom is 0.0603 e. The Morgan fingerprint density at radius 1 is 1.16 bits per heavy atom. The van der Waals surface area contributed by atoms with E-state index in [-0.39, 0.29) is 0 Å². The van der Waals surface area contributed by atoms with Crippen LogP contribution in [0.15, 0.2) is 35.2 Å². The van der Waals surface area contributed by atoms with E-state index < -0.39 is 0 Å². The monoisotopic (exact) mass is 331 g/mol. The number of hydrogen-bond acceptors (Lipinski definition) is 3. The van der Waals surface area contributed by atoms with Crippen LogP contribution in [0.5, 0.6) is 0 Å². The third-order valence-corrected chi connectivity index (χ3v) is 5.27. The Balaban J connectivity index is 1.67. The van der Waals surface area contributed by atoms with Gasteiger partial charge in [-0.3, -0.25) is 0 Å². The average molecular weight is 332 g/mol. The lowest BCUT2D eigenvalue weighted by Crippen LogP contribution is -2.15. The van der Waals surface area contributed by atoms with Crippen molar-refractivity contribution in [3.63, 3.8) is 0 Å². The van der Waals surface area contributed by atoms with E-state index in [2.05, 4.69) is 24.4 Å². The third kappa shape index (κ3) is 5.01. The largest absolute Gasteiger partial charge is 0.311 e. The Hall–Kier alpha value is -0.190. The van der Waals surface area contributed by atoms with Crippen molar-refractivity contribution in [3.8, 4) is 0 Å². The van der Waals surface area contributed by atoms with E-state index in [1.54, 1.807) is 11.8 Å². The minimum Gasteiger partial charge on any atom is -0.311 e. The van der Waals surface area contributed by atoms with Gasteiger partial charge in [0.15, 0.2) is 0 Å². The number of aryl methyl sites for hydroxylation is 1. The van der Waals surface area contributed by atoms with E-state index in [0.717, 1.165) is 23.7 Å². The highest BCUT2D eigenvalue weighted by atomic mass is 35.5. The summed E-state index contributed by atoms with van der Waals surface area (Å²) in [6, 6.07) is 10.1. The van der Waals surface area contributed by atoms with Gasteiger partial charge in [-0.1, -0.05) is 23.2 Å². The van der Waals surface area contributed by atoms with Crippen LogP contribution in [0.1, 0.15) is 9.75 Å². The highest BCUT2D eigenvalue weighted by Crippen LogP contribution is 2.27. The van der Waals surface area contributed by atoms with Crippen LogP contribution in [-0.2, 0) is 6.54 Å². The summed E-state index contributed by atoms with van der Waals surface area (Å²) >= 11 is 15.5. The molecule has 0 spiro atoms. The van der Waals surface area contributed by atoms with Crippen LogP contribution >= 0.6 is 46.3 Å². The smallest absolute Gasteiger partial charge is 0.0603 e. The second-order valence-corrected chi connectivity index (χ2v) is 7.47. The van der Waals surface area contributed by atoms with Crippen LogP contribution in [0, 0.1) is 6.92 Å². The number of thioether (sulfide) groups is 1. The minimum atomic E-state index is 0.609. The molecular formula is C14H15Cl2NS2. The number of hydrogen-bond donors (Lipinski definition) is 1. The zero-order valence-corrected chi connectivity index (χ0v) is 13.7. The van der Waals surface area contributed by atoms with Crippen LogP contribution in [-0.4, -0.2) is 12.3 Å². The number of nitrogens with one attached hydrogen (secondary N) is 1. The molecule has 0 bridgehead atoms. The molecule has 19 heavy (non-hydrogen) atoms. The summed E-state index contributed by atoms with van der Waals surface area (Å²) in [7, 11) is 0. The van der Waals surface area contributed by atoms with Gasteiger partial charge in [0.05, 0.1) is 10.0 Å². The fourth-order valence-corrected chi connectivity index (χ4v) is 3.67. The summed E-state index contributed by atoms with van der Waals surface area (Å²) in [6.45, 7) is 4.05. The molecule has 2 rings (SSSR count). The summed E-state index contributed by atoms with van der Waals surface area (Å²) in [6.07, 6.45) is 0. The molecule has 5 heteroatoms. The Morgan fingerprint density at radius 2 is 2.00 bits per heavy atom. The molecule has 1 N–H and O–H groups in total. The van der Waals surface area contributed by atoms with Crippen molar-refractivity contribution >= 4 is 46.3 Å². The van der Waals surface area contributed by atoms with Gasteiger partial charge in [0.1, 0.15) is 0 Å². The molecule has 1 nitrogen and oxygen atoms in total. The van der Waals surface area contributed by atoms with Crippen LogP contribution in [0.3, 0.4) is 0 Å². The molecule has 1 heterocycles. The first kappa shape index (κ1) is 15.2. The summed E-state index contributed by atoms with van der Waals surface area (Å²) in [5.41, 5.74) is 0. The fraction of sp³-hybridized carbons (Fsp3) is 0.286. The Labute approximate surface area is 132 Å². The van der Waals surface area contributed by atoms with Gasteiger partial charge in [0.25, 0.3) is 0 Å². The van der Waals surface area contributed by atoms with E-state index in [1.807, 2.05) is 29.5 Å². The van der Waals surface area contributed by atoms with Gasteiger partial charge in [-0.15, -0.1) is 23.1 Å². The van der Waals surface area contributed by atoms with Crippen LogP contribution in [0.25, 0.3) is 0 Å². The van der Waals surface area contributed by atoms with Gasteiger partial charge in [-0.2, -0.15) is 0 Å². The zero-order valence-electron chi connectivity index (χ0n) is 10.6. The van der Waals surface area contributed by atoms with Crippen molar-refractivity contribution in [2.24, 2.45) is 0 Å². The van der Waals surface area contributed by atoms with Crippen LogP contribution in [0.2, 0.25) is 10.0 Å². The molecule has 0 unspecified atom stereocenters. The molecule has 1 aromatic carbocycles. The first-order valence-electron chi connectivity index (χ1n) is 5.99. The van der Waals surface area contributed by atoms with E-state index in [4.69, 9.17) is 23.2 Å². The summed E-state index contributed by atoms with van der Waals surface area (Å²) in [4.78, 5) is 3.90. The van der Waals surface area contributed by atoms with Gasteiger partial charge in [-0.05, 0) is 37.3 Å². The first-order valence-corrected chi connectivity index (χ1v) is 8.55. The molecule has 0 saturated heterocycles. The van der Waals surface area contributed by atoms with E-state index in [9.17, 15) is 0 Å². The van der Waals surface area contributed by atoms with E-state index in [1.165, 1.54) is 9.75 Å². The predicted molar refractivity (Wildman–Crippen MR) is 87.9 cm³/mol. The van der Waals surface area contributed by atoms with Crippen LogP contribution in [0.4, 0.5) is 0 Å². The Morgan fingerprint density at radius 3 is 2.68 bits per heavy atom. The lowest BCUT2D eigenvalue weighted by molar-refractivity contribution is 0.741. The van der Waals surface area contributed by atoms with Crippen molar-refractivity contribution in [1.29, 1.82) is 0 Å². The average Bonchev–Trinajstić information content (AvgIpc) is 2.79. The van der Waals surface area contributed by atoms with Crippen molar-refractivity contribution < 1.29 is 0 Å². The molecule has 0 aliphatic carbocycles. The number of halogens is 2. The van der Waals surface area contributed by atoms with E-state index >= 15 is 0 Å². The Kier molecular flexibility index (Phi) is 6.05. The highest BCUT2D eigenvalue weighted by Gasteiger charge is 2.00. The summed E-state index contributed by atoms with van der Waals surface area (Å²) in [5, 5.41) is 4.67. The molecule has 0 atom stereocenters. The third-order valence-electron chi connectivity index (χ3n) is 2.53. The fourth-order valence-electron chi connectivity index (χ4n) is 1.60. The normalized spacial score (nSPS) is 10.9. The lowest BCUT2D eigenvalue weighted by atomic mass is 10.4. The van der Waals surface area contributed by atoms with Crippen LogP contribution < -0.4 is 5.32 Å². The highest BCUT2D eigenvalue weighted by molar-refractivity contribution is 7.99. The maximum atomic E-state index is 5.98. The van der Waals surface area contributed by atoms with Crippen molar-refractivity contribution in [2.45, 2.75) is 18.4 Å². The lowest BCUT2D eigenvalue weighted by Gasteiger charge is -2.04. The summed E-state index contributed by atoms with van der Waals surface area (Å²) < 4.78 is 0. The minimum absolute atomic E-state index is 0.609. The molecular weight excluding hydrogens is 317 g/mol. The molecule has 0 fully saturated rings. The molecule has 0 aliphatic heterocycles. The van der Waals surface area contributed by atoms with Gasteiger partial charge < -0.3 is 5.32 Å². The van der Waals surface area contributed by atoms with Crippen molar-refractivity contribution in [3.05, 3.63) is 50.1 Å². The quantitative estimate of drug-likeness (QED) is 0.573. The predicted octanol–water partition coefficient (Wildman–Crippen LogP) is 5.25. The van der Waals surface area contributed by atoms with Gasteiger partial charge >= 0.3 is 0 Å². The van der Waals surface area contributed by atoms with Crippen molar-refractivity contribution in [1.82, 2.24) is 5.32 Å². The molecule has 0 saturated carbocycles. The topological polar surface area (TPSA) is 12.0 Å². The maximum absolute atomic E-state index is 5.98. The summed E-state index contributed by atoms with van der Waals surface area (Å²) in [5.74, 6) is 1.02. The molecule has 102 valence electrons. The molecule has 0 aliphatic rings. The van der Waals surface area contributed by atoms with Gasteiger partial charge in [0.2, 0.25) is 0 Å². The number of thiophene rings is 1. The number of benzene rings is 1. The second kappa shape index (κ2) is 7.55. The molecule has 1 aromatic heterocycles. The number of rotatable bonds is 6. The Bertz CT molecular complexity index is 540. The van der Waals surface area contributed by atoms with E-state index in [0.29, 0.717) is 10.0 Å². The molecule has 2 aromatic rings. The standard InChI is InChI=1S/C14H15Cl2NS2/c1-10-2-3-12(19-10)9-17-6-7-18-11-4-5-13(15)14(16)8-11/h2-5,8,17H,6-7,9H2,1H3. The second-order valence-electron chi connectivity index (χ2n) is 4.11. The molecule has 0 radical (unpaired) electrons. The van der Waals surface area contributed by atoms with Gasteiger partial charge in [0, 0.05) is 33.5 Å². The van der Waals surface area contributed by atoms with Crippen molar-refractivity contribution in [2.75, 3.05) is 12.3 Å². The first-order chi connectivity index (χ1) is 9.15. The molecule has 0 amide bonds. The zero-order chi connectivity index (χ0) is 13.7. The van der Waals surface area contributed by atoms with Gasteiger partial charge in [-0.25, -0.2) is 0 Å².